The summed E-state index contributed by atoms with van der Waals surface area (Å²) in [6, 6.07) is 3.35. The molecule has 0 bridgehead atoms. The quantitative estimate of drug-likeness (QED) is 0.680. The van der Waals surface area contributed by atoms with Crippen LogP contribution in [0.2, 0.25) is 0 Å². The van der Waals surface area contributed by atoms with Gasteiger partial charge in [0, 0.05) is 5.39 Å². The summed E-state index contributed by atoms with van der Waals surface area (Å²) in [5.74, 6) is 0. The number of nitrogen functional groups attached to an aromatic ring is 1. The van der Waals surface area contributed by atoms with Crippen LogP contribution in [0.5, 0.6) is 0 Å². The Morgan fingerprint density at radius 2 is 2.27 bits per heavy atom. The van der Waals surface area contributed by atoms with Crippen molar-refractivity contribution in [3.8, 4) is 0 Å². The number of aromatic nitrogens is 2. The van der Waals surface area contributed by atoms with Gasteiger partial charge in [-0.2, -0.15) is 5.10 Å². The fourth-order valence-electron chi connectivity index (χ4n) is 1.35. The van der Waals surface area contributed by atoms with Crippen LogP contribution in [-0.2, 0) is 0 Å². The minimum Gasteiger partial charge on any atom is -0.397 e. The van der Waals surface area contributed by atoms with E-state index in [0.29, 0.717) is 11.4 Å². The number of nitrogens with two attached hydrogens (primary N) is 1. The van der Waals surface area contributed by atoms with E-state index in [9.17, 15) is 8.78 Å². The van der Waals surface area contributed by atoms with E-state index in [1.54, 1.807) is 18.3 Å². The zero-order valence-corrected chi connectivity index (χ0v) is 7.80. The maximum atomic E-state index is 12.0. The fraction of sp³-hybridized carbons (Fsp3) is 0.222. The Bertz CT molecular complexity index is 466. The summed E-state index contributed by atoms with van der Waals surface area (Å²) in [5.41, 5.74) is 7.38. The van der Waals surface area contributed by atoms with Crippen LogP contribution in [0.3, 0.4) is 0 Å². The molecule has 0 aliphatic heterocycles. The molecule has 0 saturated carbocycles. The Morgan fingerprint density at radius 3 is 3.00 bits per heavy atom. The fourth-order valence-corrected chi connectivity index (χ4v) is 1.35. The van der Waals surface area contributed by atoms with Crippen molar-refractivity contribution in [2.75, 3.05) is 17.6 Å². The number of H-pyrrole nitrogens is 1. The molecule has 4 nitrogen and oxygen atoms in total. The number of hydrogen-bond donors (Lipinski definition) is 3. The van der Waals surface area contributed by atoms with Crippen LogP contribution in [0.25, 0.3) is 10.9 Å². The van der Waals surface area contributed by atoms with E-state index < -0.39 is 13.0 Å². The van der Waals surface area contributed by atoms with Crippen LogP contribution < -0.4 is 11.1 Å². The largest absolute Gasteiger partial charge is 0.397 e. The molecule has 2 rings (SSSR count). The van der Waals surface area contributed by atoms with Crippen molar-refractivity contribution in [3.05, 3.63) is 18.3 Å². The van der Waals surface area contributed by atoms with Gasteiger partial charge in [-0.05, 0) is 12.1 Å². The highest BCUT2D eigenvalue weighted by Crippen LogP contribution is 2.24. The van der Waals surface area contributed by atoms with Crippen LogP contribution in [0, 0.1) is 0 Å². The molecule has 0 amide bonds. The number of aromatic amines is 1. The summed E-state index contributed by atoms with van der Waals surface area (Å²) in [6.07, 6.45) is -0.773. The first-order valence-electron chi connectivity index (χ1n) is 4.41. The van der Waals surface area contributed by atoms with Gasteiger partial charge >= 0.3 is 0 Å². The van der Waals surface area contributed by atoms with Crippen molar-refractivity contribution < 1.29 is 8.78 Å². The molecule has 1 aromatic heterocycles. The minimum atomic E-state index is -2.40. The molecule has 6 heteroatoms. The first kappa shape index (κ1) is 9.70. The van der Waals surface area contributed by atoms with Crippen LogP contribution >= 0.6 is 0 Å². The molecule has 2 aromatic rings. The first-order valence-corrected chi connectivity index (χ1v) is 4.41. The zero-order chi connectivity index (χ0) is 10.8. The van der Waals surface area contributed by atoms with E-state index in [2.05, 4.69) is 15.5 Å². The van der Waals surface area contributed by atoms with Crippen LogP contribution in [0.4, 0.5) is 20.2 Å². The normalized spacial score (nSPS) is 11.1. The number of rotatable bonds is 3. The average molecular weight is 212 g/mol. The molecular formula is C9H10F2N4. The lowest BCUT2D eigenvalue weighted by Crippen LogP contribution is -2.11. The molecule has 0 fully saturated rings. The van der Waals surface area contributed by atoms with E-state index in [0.717, 1.165) is 10.9 Å². The van der Waals surface area contributed by atoms with Gasteiger partial charge in [0.2, 0.25) is 0 Å². The average Bonchev–Trinajstić information content (AvgIpc) is 2.60. The predicted molar refractivity (Wildman–Crippen MR) is 55.0 cm³/mol. The van der Waals surface area contributed by atoms with Gasteiger partial charge in [0.05, 0.1) is 29.6 Å². The number of fused-ring (bicyclic) bond motifs is 1. The Kier molecular flexibility index (Phi) is 2.40. The lowest BCUT2D eigenvalue weighted by Gasteiger charge is -2.08. The number of nitrogens with one attached hydrogen (secondary N) is 2. The molecule has 0 aliphatic carbocycles. The number of nitrogens with zero attached hydrogens (tertiary/aromatic N) is 1. The smallest absolute Gasteiger partial charge is 0.255 e. The standard InChI is InChI=1S/C9H10F2N4/c10-9(11)4-13-8-2-7-5(1-6(8)12)3-14-15-7/h1-3,9,13H,4,12H2,(H,14,15). The third-order valence-corrected chi connectivity index (χ3v) is 2.06. The second-order valence-corrected chi connectivity index (χ2v) is 3.17. The topological polar surface area (TPSA) is 66.7 Å². The highest BCUT2D eigenvalue weighted by molar-refractivity contribution is 5.88. The Balaban J connectivity index is 2.29. The van der Waals surface area contributed by atoms with E-state index in [1.165, 1.54) is 0 Å². The number of alkyl halides is 2. The van der Waals surface area contributed by atoms with Crippen molar-refractivity contribution in [2.24, 2.45) is 0 Å². The van der Waals surface area contributed by atoms with Gasteiger partial charge in [-0.1, -0.05) is 0 Å². The van der Waals surface area contributed by atoms with E-state index in [1.807, 2.05) is 0 Å². The van der Waals surface area contributed by atoms with Crippen LogP contribution in [0.15, 0.2) is 18.3 Å². The second kappa shape index (κ2) is 3.72. The van der Waals surface area contributed by atoms with Gasteiger partial charge in [0.1, 0.15) is 0 Å². The molecule has 1 aromatic carbocycles. The van der Waals surface area contributed by atoms with E-state index in [4.69, 9.17) is 5.73 Å². The monoisotopic (exact) mass is 212 g/mol. The van der Waals surface area contributed by atoms with Crippen molar-refractivity contribution in [1.29, 1.82) is 0 Å². The lowest BCUT2D eigenvalue weighted by atomic mass is 10.2. The van der Waals surface area contributed by atoms with Crippen molar-refractivity contribution in [3.63, 3.8) is 0 Å². The molecule has 0 spiro atoms. The van der Waals surface area contributed by atoms with Gasteiger partial charge in [-0.3, -0.25) is 5.10 Å². The Morgan fingerprint density at radius 1 is 1.47 bits per heavy atom. The number of benzene rings is 1. The molecule has 0 radical (unpaired) electrons. The Hall–Kier alpha value is -1.85. The molecule has 0 saturated heterocycles. The first-order chi connectivity index (χ1) is 7.16. The third-order valence-electron chi connectivity index (χ3n) is 2.06. The van der Waals surface area contributed by atoms with Crippen LogP contribution in [-0.4, -0.2) is 23.2 Å². The predicted octanol–water partition coefficient (Wildman–Crippen LogP) is 1.82. The zero-order valence-electron chi connectivity index (χ0n) is 7.80. The maximum Gasteiger partial charge on any atom is 0.255 e. The highest BCUT2D eigenvalue weighted by atomic mass is 19.3. The summed E-state index contributed by atoms with van der Waals surface area (Å²) in [5, 5.41) is 9.99. The lowest BCUT2D eigenvalue weighted by molar-refractivity contribution is 0.163. The van der Waals surface area contributed by atoms with Crippen LogP contribution in [0.1, 0.15) is 0 Å². The Labute approximate surface area is 84.5 Å². The van der Waals surface area contributed by atoms with Gasteiger partial charge in [0.15, 0.2) is 0 Å². The molecule has 80 valence electrons. The maximum absolute atomic E-state index is 12.0. The van der Waals surface area contributed by atoms with Gasteiger partial charge < -0.3 is 11.1 Å². The second-order valence-electron chi connectivity index (χ2n) is 3.17. The molecular weight excluding hydrogens is 202 g/mol. The number of anilines is 2. The van der Waals surface area contributed by atoms with Crippen molar-refractivity contribution >= 4 is 22.3 Å². The summed E-state index contributed by atoms with van der Waals surface area (Å²) in [6.45, 7) is -0.413. The minimum absolute atomic E-state index is 0.413. The third kappa shape index (κ3) is 1.98. The molecule has 0 atom stereocenters. The van der Waals surface area contributed by atoms with Gasteiger partial charge in [-0.15, -0.1) is 0 Å². The van der Waals surface area contributed by atoms with Crippen molar-refractivity contribution in [2.45, 2.75) is 6.43 Å². The summed E-state index contributed by atoms with van der Waals surface area (Å²) in [4.78, 5) is 0. The number of hydrogen-bond acceptors (Lipinski definition) is 3. The van der Waals surface area contributed by atoms with E-state index in [-0.39, 0.29) is 0 Å². The van der Waals surface area contributed by atoms with Crippen molar-refractivity contribution in [1.82, 2.24) is 10.2 Å². The molecule has 1 heterocycles. The molecule has 15 heavy (non-hydrogen) atoms. The molecule has 0 unspecified atom stereocenters. The highest BCUT2D eigenvalue weighted by Gasteiger charge is 2.06. The van der Waals surface area contributed by atoms with E-state index >= 15 is 0 Å². The van der Waals surface area contributed by atoms with Gasteiger partial charge in [0.25, 0.3) is 6.43 Å². The number of halogens is 2. The molecule has 4 N–H and O–H groups in total. The van der Waals surface area contributed by atoms with Gasteiger partial charge in [-0.25, -0.2) is 8.78 Å². The summed E-state index contributed by atoms with van der Waals surface area (Å²) < 4.78 is 24.0. The molecule has 0 aliphatic rings. The summed E-state index contributed by atoms with van der Waals surface area (Å²) >= 11 is 0. The SMILES string of the molecule is Nc1cc2cn[nH]c2cc1NCC(F)F. The summed E-state index contributed by atoms with van der Waals surface area (Å²) in [7, 11) is 0.